The van der Waals surface area contributed by atoms with Crippen LogP contribution in [0.2, 0.25) is 0 Å². The SMILES string of the molecule is C=C(Cl)/C=C\C/C(=C(/Cl)CC)c1cn(CCCC)c(CNC)n1. The number of aryl methyl sites for hydroxylation is 1. The van der Waals surface area contributed by atoms with Crippen LogP contribution in [0.3, 0.4) is 0 Å². The summed E-state index contributed by atoms with van der Waals surface area (Å²) in [7, 11) is 1.93. The molecule has 0 aromatic carbocycles. The summed E-state index contributed by atoms with van der Waals surface area (Å²) in [6.45, 7) is 9.63. The van der Waals surface area contributed by atoms with E-state index < -0.39 is 0 Å². The molecule has 23 heavy (non-hydrogen) atoms. The third kappa shape index (κ3) is 6.54. The quantitative estimate of drug-likeness (QED) is 0.564. The summed E-state index contributed by atoms with van der Waals surface area (Å²) in [5, 5.41) is 4.53. The first-order chi connectivity index (χ1) is 11.0. The fourth-order valence-corrected chi connectivity index (χ4v) is 2.56. The van der Waals surface area contributed by atoms with E-state index in [1.807, 2.05) is 13.1 Å². The minimum atomic E-state index is 0.515. The van der Waals surface area contributed by atoms with E-state index in [0.29, 0.717) is 11.5 Å². The number of imidazole rings is 1. The first kappa shape index (κ1) is 20.0. The molecule has 1 rings (SSSR count). The average Bonchev–Trinajstić information content (AvgIpc) is 2.91. The van der Waals surface area contributed by atoms with Gasteiger partial charge in [0.1, 0.15) is 5.82 Å². The van der Waals surface area contributed by atoms with Crippen LogP contribution in [-0.2, 0) is 13.1 Å². The molecule has 0 atom stereocenters. The van der Waals surface area contributed by atoms with E-state index in [9.17, 15) is 0 Å². The summed E-state index contributed by atoms with van der Waals surface area (Å²) in [6, 6.07) is 0. The average molecular weight is 356 g/mol. The smallest absolute Gasteiger partial charge is 0.123 e. The molecule has 5 heteroatoms. The number of halogens is 2. The van der Waals surface area contributed by atoms with Crippen LogP contribution in [0.15, 0.2) is 35.0 Å². The van der Waals surface area contributed by atoms with Gasteiger partial charge < -0.3 is 9.88 Å². The Labute approximate surface area is 150 Å². The monoisotopic (exact) mass is 355 g/mol. The molecule has 3 nitrogen and oxygen atoms in total. The van der Waals surface area contributed by atoms with E-state index in [2.05, 4.69) is 36.5 Å². The molecule has 128 valence electrons. The van der Waals surface area contributed by atoms with Crippen LogP contribution in [0.25, 0.3) is 5.57 Å². The summed E-state index contributed by atoms with van der Waals surface area (Å²) < 4.78 is 2.22. The van der Waals surface area contributed by atoms with Gasteiger partial charge in [0.05, 0.1) is 12.2 Å². The second kappa shape index (κ2) is 10.7. The van der Waals surface area contributed by atoms with Crippen molar-refractivity contribution in [2.24, 2.45) is 0 Å². The number of hydrogen-bond acceptors (Lipinski definition) is 2. The van der Waals surface area contributed by atoms with Crippen molar-refractivity contribution in [2.45, 2.75) is 52.6 Å². The molecule has 0 aliphatic carbocycles. The van der Waals surface area contributed by atoms with Crippen molar-refractivity contribution in [1.82, 2.24) is 14.9 Å². The van der Waals surface area contributed by atoms with E-state index in [0.717, 1.165) is 54.5 Å². The standard InChI is InChI=1S/C18H27Cl2N3/c1-5-7-11-23-13-17(22-18(23)12-21-4)15(16(20)6-2)10-8-9-14(3)19/h8-9,13,21H,3,5-7,10-12H2,1-2,4H3/b9-8-,16-15-. The number of nitrogens with one attached hydrogen (secondary N) is 1. The summed E-state index contributed by atoms with van der Waals surface area (Å²) in [5.41, 5.74) is 2.00. The van der Waals surface area contributed by atoms with Gasteiger partial charge in [0.15, 0.2) is 0 Å². The zero-order valence-corrected chi connectivity index (χ0v) is 15.8. The zero-order chi connectivity index (χ0) is 17.2. The van der Waals surface area contributed by atoms with E-state index >= 15 is 0 Å². The Morgan fingerprint density at radius 2 is 2.13 bits per heavy atom. The fraction of sp³-hybridized carbons (Fsp3) is 0.500. The van der Waals surface area contributed by atoms with Crippen LogP contribution in [0.4, 0.5) is 0 Å². The highest BCUT2D eigenvalue weighted by Gasteiger charge is 2.13. The van der Waals surface area contributed by atoms with Crippen LogP contribution >= 0.6 is 23.2 Å². The molecule has 0 radical (unpaired) electrons. The van der Waals surface area contributed by atoms with Gasteiger partial charge in [0, 0.05) is 22.8 Å². The molecule has 0 unspecified atom stereocenters. The van der Waals surface area contributed by atoms with Crippen molar-refractivity contribution < 1.29 is 0 Å². The van der Waals surface area contributed by atoms with Crippen molar-refractivity contribution in [1.29, 1.82) is 0 Å². The van der Waals surface area contributed by atoms with E-state index in [-0.39, 0.29) is 0 Å². The van der Waals surface area contributed by atoms with Gasteiger partial charge in [-0.2, -0.15) is 0 Å². The maximum atomic E-state index is 6.45. The molecule has 1 N–H and O–H groups in total. The predicted molar refractivity (Wildman–Crippen MR) is 102 cm³/mol. The summed E-state index contributed by atoms with van der Waals surface area (Å²) in [6.07, 6.45) is 9.66. The van der Waals surface area contributed by atoms with Crippen LogP contribution in [-0.4, -0.2) is 16.6 Å². The normalized spacial score (nSPS) is 12.7. The molecule has 0 bridgehead atoms. The first-order valence-corrected chi connectivity index (χ1v) is 8.88. The minimum Gasteiger partial charge on any atom is -0.333 e. The molecular weight excluding hydrogens is 329 g/mol. The van der Waals surface area contributed by atoms with Gasteiger partial charge in [-0.05, 0) is 38.0 Å². The third-order valence-corrected chi connectivity index (χ3v) is 4.14. The number of unbranched alkanes of at least 4 members (excludes halogenated alkanes) is 1. The fourth-order valence-electron chi connectivity index (χ4n) is 2.29. The molecule has 0 fully saturated rings. The Morgan fingerprint density at radius 3 is 2.70 bits per heavy atom. The molecule has 0 aliphatic rings. The van der Waals surface area contributed by atoms with Gasteiger partial charge in [-0.3, -0.25) is 0 Å². The lowest BCUT2D eigenvalue weighted by atomic mass is 10.1. The van der Waals surface area contributed by atoms with Crippen molar-refractivity contribution in [3.63, 3.8) is 0 Å². The van der Waals surface area contributed by atoms with Crippen molar-refractivity contribution >= 4 is 28.8 Å². The van der Waals surface area contributed by atoms with Crippen molar-refractivity contribution in [2.75, 3.05) is 7.05 Å². The molecule has 1 aromatic rings. The van der Waals surface area contributed by atoms with Crippen LogP contribution in [0.5, 0.6) is 0 Å². The second-order valence-corrected chi connectivity index (χ2v) is 6.35. The van der Waals surface area contributed by atoms with Crippen molar-refractivity contribution in [3.05, 3.63) is 46.5 Å². The van der Waals surface area contributed by atoms with Gasteiger partial charge >= 0.3 is 0 Å². The van der Waals surface area contributed by atoms with Gasteiger partial charge in [0.2, 0.25) is 0 Å². The molecule has 0 aliphatic heterocycles. The Hall–Kier alpha value is -1.03. The van der Waals surface area contributed by atoms with Crippen LogP contribution in [0, 0.1) is 0 Å². The molecule has 1 aromatic heterocycles. The van der Waals surface area contributed by atoms with Crippen LogP contribution < -0.4 is 5.32 Å². The molecule has 0 saturated heterocycles. The largest absolute Gasteiger partial charge is 0.333 e. The van der Waals surface area contributed by atoms with Crippen molar-refractivity contribution in [3.8, 4) is 0 Å². The maximum Gasteiger partial charge on any atom is 0.123 e. The number of hydrogen-bond donors (Lipinski definition) is 1. The highest BCUT2D eigenvalue weighted by Crippen LogP contribution is 2.27. The zero-order valence-electron chi connectivity index (χ0n) is 14.3. The predicted octanol–water partition coefficient (Wildman–Crippen LogP) is 5.46. The number of rotatable bonds is 10. The Balaban J connectivity index is 3.12. The first-order valence-electron chi connectivity index (χ1n) is 8.12. The minimum absolute atomic E-state index is 0.515. The maximum absolute atomic E-state index is 6.45. The number of allylic oxidation sites excluding steroid dienone is 5. The van der Waals surface area contributed by atoms with Gasteiger partial charge in [-0.1, -0.05) is 56.1 Å². The van der Waals surface area contributed by atoms with E-state index in [1.165, 1.54) is 0 Å². The second-order valence-electron chi connectivity index (χ2n) is 5.41. The molecular formula is C18H27Cl2N3. The molecule has 0 amide bonds. The lowest BCUT2D eigenvalue weighted by Crippen LogP contribution is -2.12. The highest BCUT2D eigenvalue weighted by atomic mass is 35.5. The van der Waals surface area contributed by atoms with E-state index in [4.69, 9.17) is 28.2 Å². The summed E-state index contributed by atoms with van der Waals surface area (Å²) in [5.74, 6) is 1.04. The topological polar surface area (TPSA) is 29.9 Å². The summed E-state index contributed by atoms with van der Waals surface area (Å²) >= 11 is 12.2. The van der Waals surface area contributed by atoms with Gasteiger partial charge in [-0.25, -0.2) is 4.98 Å². The Morgan fingerprint density at radius 1 is 1.39 bits per heavy atom. The van der Waals surface area contributed by atoms with Crippen LogP contribution in [0.1, 0.15) is 51.0 Å². The Kier molecular flexibility index (Phi) is 9.30. The third-order valence-electron chi connectivity index (χ3n) is 3.51. The summed E-state index contributed by atoms with van der Waals surface area (Å²) in [4.78, 5) is 4.79. The highest BCUT2D eigenvalue weighted by molar-refractivity contribution is 6.32. The lowest BCUT2D eigenvalue weighted by molar-refractivity contribution is 0.587. The Bertz CT molecular complexity index is 571. The van der Waals surface area contributed by atoms with Gasteiger partial charge in [0.25, 0.3) is 0 Å². The molecule has 1 heterocycles. The molecule has 0 saturated carbocycles. The van der Waals surface area contributed by atoms with E-state index in [1.54, 1.807) is 6.08 Å². The lowest BCUT2D eigenvalue weighted by Gasteiger charge is -2.05. The molecule has 0 spiro atoms. The van der Waals surface area contributed by atoms with Gasteiger partial charge in [-0.15, -0.1) is 0 Å². The number of aromatic nitrogens is 2. The number of nitrogens with zero attached hydrogens (tertiary/aromatic N) is 2.